The minimum Gasteiger partial charge on any atom is -0.481 e. The number of carbonyl (C=O) groups is 2. The monoisotopic (exact) mass is 534 g/mol. The molecule has 0 aliphatic carbocycles. The number of rotatable bonds is 10. The van der Waals surface area contributed by atoms with Gasteiger partial charge in [0.05, 0.1) is 0 Å². The minimum atomic E-state index is -0.947. The lowest BCUT2D eigenvalue weighted by molar-refractivity contribution is -0.137. The van der Waals surface area contributed by atoms with Gasteiger partial charge in [0.1, 0.15) is 0 Å². The molecule has 4 heteroatoms. The van der Waals surface area contributed by atoms with Gasteiger partial charge in [0.25, 0.3) is 0 Å². The van der Waals surface area contributed by atoms with Gasteiger partial charge in [-0.2, -0.15) is 0 Å². The zero-order valence-electron chi connectivity index (χ0n) is 23.2. The van der Waals surface area contributed by atoms with Crippen molar-refractivity contribution in [2.45, 2.75) is 39.0 Å². The largest absolute Gasteiger partial charge is 0.481 e. The summed E-state index contributed by atoms with van der Waals surface area (Å²) in [5.41, 5.74) is 5.62. The molecular formula is C36H38O4. The summed E-state index contributed by atoms with van der Waals surface area (Å²) < 4.78 is 0. The highest BCUT2D eigenvalue weighted by Crippen LogP contribution is 2.29. The fourth-order valence-corrected chi connectivity index (χ4v) is 4.18. The molecule has 40 heavy (non-hydrogen) atoms. The molecule has 0 bridgehead atoms. The third-order valence-electron chi connectivity index (χ3n) is 5.96. The zero-order chi connectivity index (χ0) is 29.0. The molecule has 0 spiro atoms. The molecule has 4 aromatic carbocycles. The van der Waals surface area contributed by atoms with Crippen LogP contribution in [-0.2, 0) is 9.59 Å². The van der Waals surface area contributed by atoms with Crippen LogP contribution < -0.4 is 0 Å². The normalized spacial score (nSPS) is 10.1. The van der Waals surface area contributed by atoms with E-state index in [1.165, 1.54) is 11.1 Å². The number of allylic oxidation sites excluding steroid dienone is 2. The maximum atomic E-state index is 10.7. The summed E-state index contributed by atoms with van der Waals surface area (Å²) in [6.07, 6.45) is 6.29. The van der Waals surface area contributed by atoms with Gasteiger partial charge >= 0.3 is 11.9 Å². The molecule has 0 saturated heterocycles. The first-order valence-electron chi connectivity index (χ1n) is 13.6. The Morgan fingerprint density at radius 2 is 1.05 bits per heavy atom. The van der Waals surface area contributed by atoms with E-state index in [9.17, 15) is 9.59 Å². The Morgan fingerprint density at radius 3 is 1.43 bits per heavy atom. The predicted molar refractivity (Wildman–Crippen MR) is 164 cm³/mol. The summed E-state index contributed by atoms with van der Waals surface area (Å²) in [5, 5.41) is 17.4. The van der Waals surface area contributed by atoms with E-state index in [0.29, 0.717) is 6.42 Å². The first-order chi connectivity index (χ1) is 19.5. The summed E-state index contributed by atoms with van der Waals surface area (Å²) in [4.78, 5) is 21.2. The van der Waals surface area contributed by atoms with E-state index in [1.54, 1.807) is 6.08 Å². The van der Waals surface area contributed by atoms with Gasteiger partial charge in [-0.25, -0.2) is 4.79 Å². The highest BCUT2D eigenvalue weighted by molar-refractivity contribution is 5.84. The van der Waals surface area contributed by atoms with Gasteiger partial charge < -0.3 is 10.2 Å². The van der Waals surface area contributed by atoms with E-state index in [2.05, 4.69) is 24.3 Å². The quantitative estimate of drug-likeness (QED) is 0.157. The van der Waals surface area contributed by atoms with Crippen LogP contribution in [0.15, 0.2) is 140 Å². The molecule has 0 amide bonds. The van der Waals surface area contributed by atoms with Crippen molar-refractivity contribution >= 4 is 17.5 Å². The number of aliphatic carboxylic acids is 2. The average molecular weight is 535 g/mol. The van der Waals surface area contributed by atoms with Crippen LogP contribution in [0.25, 0.3) is 5.57 Å². The predicted octanol–water partition coefficient (Wildman–Crippen LogP) is 8.86. The standard InChI is InChI=1S/C17H18O2.C17H14O2.C2H6/c2*18-17(19)13-7-12-16(14-8-3-1-4-9-14)15-10-5-2-6-11-15;1-2/h1-6,8-11,16H,7,12-13H2,(H,18,19);1-13H,(H,18,19);1-2H3/b;13-7+;. The lowest BCUT2D eigenvalue weighted by Crippen LogP contribution is -2.03. The highest BCUT2D eigenvalue weighted by Gasteiger charge is 2.14. The molecule has 0 unspecified atom stereocenters. The van der Waals surface area contributed by atoms with Gasteiger partial charge in [0, 0.05) is 18.4 Å². The second-order valence-electron chi connectivity index (χ2n) is 8.67. The second-order valence-corrected chi connectivity index (χ2v) is 8.67. The SMILES string of the molecule is CC.O=C(O)/C=C/C=C(c1ccccc1)c1ccccc1.O=C(O)CCCC(c1ccccc1)c1ccccc1. The maximum absolute atomic E-state index is 10.7. The number of carboxylic acid groups (broad SMARTS) is 2. The first kappa shape index (κ1) is 31.5. The van der Waals surface area contributed by atoms with Gasteiger partial charge in [-0.05, 0) is 40.7 Å². The molecule has 2 N–H and O–H groups in total. The van der Waals surface area contributed by atoms with Crippen molar-refractivity contribution in [2.75, 3.05) is 0 Å². The smallest absolute Gasteiger partial charge is 0.328 e. The summed E-state index contributed by atoms with van der Waals surface area (Å²) in [6.45, 7) is 4.00. The van der Waals surface area contributed by atoms with Crippen molar-refractivity contribution in [3.05, 3.63) is 162 Å². The van der Waals surface area contributed by atoms with E-state index >= 15 is 0 Å². The Labute approximate surface area is 238 Å². The van der Waals surface area contributed by atoms with Crippen LogP contribution >= 0.6 is 0 Å². The fraction of sp³-hybridized carbons (Fsp3) is 0.167. The Morgan fingerprint density at radius 1 is 0.650 bits per heavy atom. The van der Waals surface area contributed by atoms with Crippen LogP contribution in [0.4, 0.5) is 0 Å². The number of hydrogen-bond acceptors (Lipinski definition) is 2. The molecule has 4 rings (SSSR count). The van der Waals surface area contributed by atoms with Crippen LogP contribution in [0.5, 0.6) is 0 Å². The minimum absolute atomic E-state index is 0.232. The van der Waals surface area contributed by atoms with Crippen LogP contribution in [0.1, 0.15) is 61.3 Å². The second kappa shape index (κ2) is 18.5. The molecule has 206 valence electrons. The Kier molecular flexibility index (Phi) is 14.6. The molecule has 0 radical (unpaired) electrons. The highest BCUT2D eigenvalue weighted by atomic mass is 16.4. The summed E-state index contributed by atoms with van der Waals surface area (Å²) in [5.74, 6) is -1.39. The zero-order valence-corrected chi connectivity index (χ0v) is 23.2. The van der Waals surface area contributed by atoms with Crippen molar-refractivity contribution < 1.29 is 19.8 Å². The van der Waals surface area contributed by atoms with Gasteiger partial charge in [-0.15, -0.1) is 0 Å². The van der Waals surface area contributed by atoms with Crippen LogP contribution in [0.2, 0.25) is 0 Å². The topological polar surface area (TPSA) is 74.6 Å². The molecule has 0 aliphatic rings. The van der Waals surface area contributed by atoms with Crippen LogP contribution in [-0.4, -0.2) is 22.2 Å². The summed E-state index contributed by atoms with van der Waals surface area (Å²) in [6, 6.07) is 40.4. The number of benzene rings is 4. The lowest BCUT2D eigenvalue weighted by atomic mass is 9.87. The maximum Gasteiger partial charge on any atom is 0.328 e. The van der Waals surface area contributed by atoms with Gasteiger partial charge in [-0.1, -0.05) is 147 Å². The van der Waals surface area contributed by atoms with E-state index in [4.69, 9.17) is 10.2 Å². The molecular weight excluding hydrogens is 496 g/mol. The first-order valence-corrected chi connectivity index (χ1v) is 13.6. The fourth-order valence-electron chi connectivity index (χ4n) is 4.18. The third-order valence-corrected chi connectivity index (χ3v) is 5.96. The molecule has 0 saturated carbocycles. The molecule has 0 fully saturated rings. The van der Waals surface area contributed by atoms with Crippen molar-refractivity contribution in [1.82, 2.24) is 0 Å². The van der Waals surface area contributed by atoms with Crippen molar-refractivity contribution in [2.24, 2.45) is 0 Å². The van der Waals surface area contributed by atoms with E-state index < -0.39 is 11.9 Å². The van der Waals surface area contributed by atoms with Gasteiger partial charge in [0.15, 0.2) is 0 Å². The van der Waals surface area contributed by atoms with Crippen molar-refractivity contribution in [3.63, 3.8) is 0 Å². The molecule has 0 aliphatic heterocycles. The van der Waals surface area contributed by atoms with E-state index in [1.807, 2.05) is 117 Å². The molecule has 0 heterocycles. The average Bonchev–Trinajstić information content (AvgIpc) is 3.00. The summed E-state index contributed by atoms with van der Waals surface area (Å²) >= 11 is 0. The van der Waals surface area contributed by atoms with Gasteiger partial charge in [-0.3, -0.25) is 4.79 Å². The molecule has 4 nitrogen and oxygen atoms in total. The van der Waals surface area contributed by atoms with Crippen LogP contribution in [0.3, 0.4) is 0 Å². The Bertz CT molecular complexity index is 1230. The number of carboxylic acids is 2. The van der Waals surface area contributed by atoms with Crippen LogP contribution in [0, 0.1) is 0 Å². The van der Waals surface area contributed by atoms with E-state index in [0.717, 1.165) is 29.2 Å². The molecule has 0 aromatic heterocycles. The third kappa shape index (κ3) is 11.4. The summed E-state index contributed by atoms with van der Waals surface area (Å²) in [7, 11) is 0. The lowest BCUT2D eigenvalue weighted by Gasteiger charge is -2.17. The van der Waals surface area contributed by atoms with Gasteiger partial charge in [0.2, 0.25) is 0 Å². The molecule has 0 atom stereocenters. The Hall–Kier alpha value is -4.70. The van der Waals surface area contributed by atoms with Crippen molar-refractivity contribution in [3.8, 4) is 0 Å². The Balaban J connectivity index is 0.000000264. The molecule has 4 aromatic rings. The van der Waals surface area contributed by atoms with E-state index in [-0.39, 0.29) is 12.3 Å². The number of hydrogen-bond donors (Lipinski definition) is 2. The van der Waals surface area contributed by atoms with Crippen molar-refractivity contribution in [1.29, 1.82) is 0 Å².